The number of anilines is 2. The quantitative estimate of drug-likeness (QED) is 0.901. The van der Waals surface area contributed by atoms with Gasteiger partial charge in [-0.3, -0.25) is 14.1 Å². The van der Waals surface area contributed by atoms with E-state index in [4.69, 9.17) is 0 Å². The lowest BCUT2D eigenvalue weighted by Crippen LogP contribution is -2.45. The van der Waals surface area contributed by atoms with E-state index in [0.717, 1.165) is 21.7 Å². The number of hydrogen-bond donors (Lipinski definition) is 1. The Bertz CT molecular complexity index is 835. The third-order valence-electron chi connectivity index (χ3n) is 3.76. The molecular formula is C17H21N3O3S. The summed E-state index contributed by atoms with van der Waals surface area (Å²) in [4.78, 5) is 16.4. The zero-order valence-corrected chi connectivity index (χ0v) is 15.0. The SMILES string of the molecule is Cc1ccc(N([C@@H](C)C(=O)Nc2cccnc2)S(C)(=O)=O)cc1C. The molecule has 0 fully saturated rings. The molecule has 1 atom stereocenters. The molecule has 24 heavy (non-hydrogen) atoms. The van der Waals surface area contributed by atoms with Crippen LogP contribution in [0.2, 0.25) is 0 Å². The molecule has 1 aromatic carbocycles. The van der Waals surface area contributed by atoms with Gasteiger partial charge in [-0.05, 0) is 56.2 Å². The van der Waals surface area contributed by atoms with E-state index in [1.807, 2.05) is 19.9 Å². The number of sulfonamides is 1. The topological polar surface area (TPSA) is 79.4 Å². The molecule has 0 spiro atoms. The van der Waals surface area contributed by atoms with Crippen molar-refractivity contribution >= 4 is 27.3 Å². The first-order chi connectivity index (χ1) is 11.2. The van der Waals surface area contributed by atoms with E-state index in [1.54, 1.807) is 37.4 Å². The Labute approximate surface area is 142 Å². The van der Waals surface area contributed by atoms with Gasteiger partial charge in [-0.1, -0.05) is 6.07 Å². The Morgan fingerprint density at radius 3 is 2.46 bits per heavy atom. The highest BCUT2D eigenvalue weighted by atomic mass is 32.2. The number of carbonyl (C=O) groups excluding carboxylic acids is 1. The summed E-state index contributed by atoms with van der Waals surface area (Å²) in [5.41, 5.74) is 3.00. The lowest BCUT2D eigenvalue weighted by molar-refractivity contribution is -0.116. The van der Waals surface area contributed by atoms with Crippen molar-refractivity contribution in [3.63, 3.8) is 0 Å². The van der Waals surface area contributed by atoms with Crippen LogP contribution in [0.25, 0.3) is 0 Å². The van der Waals surface area contributed by atoms with Crippen LogP contribution in [0.4, 0.5) is 11.4 Å². The first-order valence-electron chi connectivity index (χ1n) is 7.47. The van der Waals surface area contributed by atoms with Crippen LogP contribution < -0.4 is 9.62 Å². The van der Waals surface area contributed by atoms with Crippen molar-refractivity contribution < 1.29 is 13.2 Å². The number of aromatic nitrogens is 1. The molecule has 2 aromatic rings. The van der Waals surface area contributed by atoms with Crippen molar-refractivity contribution in [2.75, 3.05) is 15.9 Å². The third kappa shape index (κ3) is 4.11. The summed E-state index contributed by atoms with van der Waals surface area (Å²) in [5.74, 6) is -0.424. The number of aryl methyl sites for hydroxylation is 2. The maximum absolute atomic E-state index is 12.5. The van der Waals surface area contributed by atoms with E-state index in [-0.39, 0.29) is 0 Å². The van der Waals surface area contributed by atoms with E-state index in [2.05, 4.69) is 10.3 Å². The molecule has 6 nitrogen and oxygen atoms in total. The van der Waals surface area contributed by atoms with Gasteiger partial charge in [0.15, 0.2) is 0 Å². The zero-order chi connectivity index (χ0) is 17.9. The van der Waals surface area contributed by atoms with Crippen molar-refractivity contribution in [3.05, 3.63) is 53.9 Å². The molecule has 128 valence electrons. The van der Waals surface area contributed by atoms with Gasteiger partial charge < -0.3 is 5.32 Å². The average Bonchev–Trinajstić information content (AvgIpc) is 2.50. The minimum atomic E-state index is -3.63. The van der Waals surface area contributed by atoms with E-state index >= 15 is 0 Å². The normalized spacial score (nSPS) is 12.5. The van der Waals surface area contributed by atoms with Crippen molar-refractivity contribution in [1.82, 2.24) is 4.98 Å². The molecular weight excluding hydrogens is 326 g/mol. The molecule has 0 aliphatic rings. The molecule has 0 saturated carbocycles. The van der Waals surface area contributed by atoms with Gasteiger partial charge in [0.05, 0.1) is 23.8 Å². The monoisotopic (exact) mass is 347 g/mol. The predicted molar refractivity (Wildman–Crippen MR) is 95.6 cm³/mol. The van der Waals surface area contributed by atoms with Crippen LogP contribution in [0.5, 0.6) is 0 Å². The number of rotatable bonds is 5. The fourth-order valence-corrected chi connectivity index (χ4v) is 3.52. The van der Waals surface area contributed by atoms with Gasteiger partial charge >= 0.3 is 0 Å². The van der Waals surface area contributed by atoms with Gasteiger partial charge in [0.25, 0.3) is 0 Å². The fraction of sp³-hybridized carbons (Fsp3) is 0.294. The second-order valence-corrected chi connectivity index (χ2v) is 7.59. The molecule has 1 heterocycles. The summed E-state index contributed by atoms with van der Waals surface area (Å²) in [6.07, 6.45) is 4.19. The van der Waals surface area contributed by atoms with Crippen LogP contribution >= 0.6 is 0 Å². The molecule has 7 heteroatoms. The molecule has 0 aliphatic carbocycles. The Morgan fingerprint density at radius 2 is 1.92 bits per heavy atom. The summed E-state index contributed by atoms with van der Waals surface area (Å²) >= 11 is 0. The van der Waals surface area contributed by atoms with Gasteiger partial charge in [-0.2, -0.15) is 0 Å². The van der Waals surface area contributed by atoms with Crippen LogP contribution in [0, 0.1) is 13.8 Å². The zero-order valence-electron chi connectivity index (χ0n) is 14.1. The Balaban J connectivity index is 2.34. The fourth-order valence-electron chi connectivity index (χ4n) is 2.35. The van der Waals surface area contributed by atoms with Crippen LogP contribution in [0.15, 0.2) is 42.7 Å². The predicted octanol–water partition coefficient (Wildman–Crippen LogP) is 2.49. The molecule has 0 aliphatic heterocycles. The summed E-state index contributed by atoms with van der Waals surface area (Å²) in [6.45, 7) is 5.41. The van der Waals surface area contributed by atoms with Crippen molar-refractivity contribution in [2.24, 2.45) is 0 Å². The standard InChI is InChI=1S/C17H21N3O3S/c1-12-7-8-16(10-13(12)2)20(24(4,22)23)14(3)17(21)19-15-6-5-9-18-11-15/h5-11,14H,1-4H3,(H,19,21)/t14-/m0/s1. The Hall–Kier alpha value is -2.41. The highest BCUT2D eigenvalue weighted by molar-refractivity contribution is 7.92. The second-order valence-electron chi connectivity index (χ2n) is 5.73. The maximum Gasteiger partial charge on any atom is 0.248 e. The first-order valence-corrected chi connectivity index (χ1v) is 9.32. The minimum absolute atomic E-state index is 0.424. The van der Waals surface area contributed by atoms with E-state index < -0.39 is 22.0 Å². The summed E-state index contributed by atoms with van der Waals surface area (Å²) < 4.78 is 25.7. The van der Waals surface area contributed by atoms with Gasteiger partial charge in [0.2, 0.25) is 15.9 Å². The lowest BCUT2D eigenvalue weighted by atomic mass is 10.1. The van der Waals surface area contributed by atoms with E-state index in [1.165, 1.54) is 6.20 Å². The highest BCUT2D eigenvalue weighted by Crippen LogP contribution is 2.24. The lowest BCUT2D eigenvalue weighted by Gasteiger charge is -2.28. The summed E-state index contributed by atoms with van der Waals surface area (Å²) in [5, 5.41) is 2.68. The van der Waals surface area contributed by atoms with E-state index in [0.29, 0.717) is 11.4 Å². The number of nitrogens with zero attached hydrogens (tertiary/aromatic N) is 2. The number of hydrogen-bond acceptors (Lipinski definition) is 4. The number of nitrogens with one attached hydrogen (secondary N) is 1. The largest absolute Gasteiger partial charge is 0.323 e. The highest BCUT2D eigenvalue weighted by Gasteiger charge is 2.29. The minimum Gasteiger partial charge on any atom is -0.323 e. The summed E-state index contributed by atoms with van der Waals surface area (Å²) in [7, 11) is -3.63. The van der Waals surface area contributed by atoms with Crippen LogP contribution in [-0.4, -0.2) is 31.6 Å². The number of carbonyl (C=O) groups is 1. The Kier molecular flexibility index (Phi) is 5.23. The first kappa shape index (κ1) is 17.9. The van der Waals surface area contributed by atoms with Crippen LogP contribution in [-0.2, 0) is 14.8 Å². The number of amides is 1. The van der Waals surface area contributed by atoms with Crippen molar-refractivity contribution in [3.8, 4) is 0 Å². The third-order valence-corrected chi connectivity index (χ3v) is 5.00. The van der Waals surface area contributed by atoms with E-state index in [9.17, 15) is 13.2 Å². The number of benzene rings is 1. The molecule has 0 saturated heterocycles. The average molecular weight is 347 g/mol. The van der Waals surface area contributed by atoms with Gasteiger partial charge in [0.1, 0.15) is 6.04 Å². The molecule has 1 amide bonds. The van der Waals surface area contributed by atoms with Gasteiger partial charge in [-0.25, -0.2) is 8.42 Å². The molecule has 2 rings (SSSR count). The van der Waals surface area contributed by atoms with Crippen molar-refractivity contribution in [2.45, 2.75) is 26.8 Å². The maximum atomic E-state index is 12.5. The molecule has 0 bridgehead atoms. The van der Waals surface area contributed by atoms with Crippen LogP contribution in [0.1, 0.15) is 18.1 Å². The van der Waals surface area contributed by atoms with Crippen molar-refractivity contribution in [1.29, 1.82) is 0 Å². The molecule has 0 unspecified atom stereocenters. The molecule has 1 aromatic heterocycles. The van der Waals surface area contributed by atoms with Gasteiger partial charge in [0, 0.05) is 6.20 Å². The number of pyridine rings is 1. The van der Waals surface area contributed by atoms with Crippen LogP contribution in [0.3, 0.4) is 0 Å². The summed E-state index contributed by atoms with van der Waals surface area (Å²) in [6, 6.07) is 7.80. The smallest absolute Gasteiger partial charge is 0.248 e. The Morgan fingerprint density at radius 1 is 1.21 bits per heavy atom. The van der Waals surface area contributed by atoms with Gasteiger partial charge in [-0.15, -0.1) is 0 Å². The molecule has 1 N–H and O–H groups in total. The molecule has 0 radical (unpaired) electrons. The second kappa shape index (κ2) is 7.00.